The van der Waals surface area contributed by atoms with Crippen LogP contribution in [-0.4, -0.2) is 20.3 Å². The van der Waals surface area contributed by atoms with Crippen molar-refractivity contribution in [2.75, 3.05) is 20.3 Å². The Hall–Kier alpha value is -2.00. The van der Waals surface area contributed by atoms with Crippen LogP contribution in [0.3, 0.4) is 0 Å². The van der Waals surface area contributed by atoms with Crippen LogP contribution in [0.25, 0.3) is 0 Å². The van der Waals surface area contributed by atoms with Crippen LogP contribution in [-0.2, 0) is 0 Å². The Morgan fingerprint density at radius 2 is 1.70 bits per heavy atom. The average molecular weight is 313 g/mol. The molecule has 0 aliphatic carbocycles. The van der Waals surface area contributed by atoms with E-state index in [9.17, 15) is 0 Å². The molecule has 0 aliphatic rings. The molecule has 2 aromatic carbocycles. The Labute approximate surface area is 139 Å². The molecule has 1 unspecified atom stereocenters. The molecular formula is C20H27NO2. The number of nitrogens with two attached hydrogens (primary N) is 1. The fraction of sp³-hybridized carbons (Fsp3) is 0.400. The van der Waals surface area contributed by atoms with E-state index in [0.717, 1.165) is 17.9 Å². The predicted molar refractivity (Wildman–Crippen MR) is 95.4 cm³/mol. The fourth-order valence-electron chi connectivity index (χ4n) is 2.70. The van der Waals surface area contributed by atoms with Crippen LogP contribution in [0.2, 0.25) is 0 Å². The SMILES string of the molecule is COc1ccc(C(CN)CCOc2ccccc2C(C)C)cc1. The molecule has 0 saturated heterocycles. The van der Waals surface area contributed by atoms with Gasteiger partial charge < -0.3 is 15.2 Å². The monoisotopic (exact) mass is 313 g/mol. The highest BCUT2D eigenvalue weighted by molar-refractivity contribution is 5.35. The van der Waals surface area contributed by atoms with Gasteiger partial charge in [0.2, 0.25) is 0 Å². The second-order valence-electron chi connectivity index (χ2n) is 6.04. The lowest BCUT2D eigenvalue weighted by Crippen LogP contribution is -2.16. The van der Waals surface area contributed by atoms with E-state index >= 15 is 0 Å². The third kappa shape index (κ3) is 4.73. The van der Waals surface area contributed by atoms with E-state index in [1.54, 1.807) is 7.11 Å². The molecule has 0 spiro atoms. The van der Waals surface area contributed by atoms with E-state index in [2.05, 4.69) is 38.1 Å². The third-order valence-electron chi connectivity index (χ3n) is 4.14. The molecule has 2 rings (SSSR count). The highest BCUT2D eigenvalue weighted by atomic mass is 16.5. The molecule has 0 amide bonds. The molecule has 0 radical (unpaired) electrons. The maximum atomic E-state index is 6.02. The first-order valence-corrected chi connectivity index (χ1v) is 8.21. The molecule has 0 aliphatic heterocycles. The van der Waals surface area contributed by atoms with Crippen molar-refractivity contribution in [3.05, 3.63) is 59.7 Å². The molecule has 0 fully saturated rings. The first-order valence-electron chi connectivity index (χ1n) is 8.21. The van der Waals surface area contributed by atoms with Gasteiger partial charge in [-0.05, 0) is 54.1 Å². The lowest BCUT2D eigenvalue weighted by Gasteiger charge is -2.18. The molecule has 0 bridgehead atoms. The van der Waals surface area contributed by atoms with Gasteiger partial charge in [0.25, 0.3) is 0 Å². The second-order valence-corrected chi connectivity index (χ2v) is 6.04. The Bertz CT molecular complexity index is 593. The van der Waals surface area contributed by atoms with Crippen LogP contribution >= 0.6 is 0 Å². The summed E-state index contributed by atoms with van der Waals surface area (Å²) in [5.41, 5.74) is 8.43. The summed E-state index contributed by atoms with van der Waals surface area (Å²) in [6.07, 6.45) is 0.898. The number of hydrogen-bond acceptors (Lipinski definition) is 3. The molecule has 3 heteroatoms. The number of rotatable bonds is 8. The van der Waals surface area contributed by atoms with Crippen molar-refractivity contribution < 1.29 is 9.47 Å². The number of ether oxygens (including phenoxy) is 2. The summed E-state index contributed by atoms with van der Waals surface area (Å²) in [5.74, 6) is 2.60. The summed E-state index contributed by atoms with van der Waals surface area (Å²) in [6.45, 7) is 5.64. The first kappa shape index (κ1) is 17.4. The molecule has 0 saturated carbocycles. The van der Waals surface area contributed by atoms with Crippen LogP contribution in [0.15, 0.2) is 48.5 Å². The van der Waals surface area contributed by atoms with Gasteiger partial charge in [0, 0.05) is 0 Å². The molecule has 2 aromatic rings. The van der Waals surface area contributed by atoms with Gasteiger partial charge in [-0.15, -0.1) is 0 Å². The van der Waals surface area contributed by atoms with E-state index in [1.807, 2.05) is 24.3 Å². The summed E-state index contributed by atoms with van der Waals surface area (Å²) < 4.78 is 11.2. The molecule has 23 heavy (non-hydrogen) atoms. The molecule has 3 nitrogen and oxygen atoms in total. The van der Waals surface area contributed by atoms with Gasteiger partial charge in [0.1, 0.15) is 11.5 Å². The third-order valence-corrected chi connectivity index (χ3v) is 4.14. The van der Waals surface area contributed by atoms with E-state index in [-0.39, 0.29) is 0 Å². The largest absolute Gasteiger partial charge is 0.497 e. The Morgan fingerprint density at radius 1 is 1.00 bits per heavy atom. The van der Waals surface area contributed by atoms with Crippen LogP contribution in [0.4, 0.5) is 0 Å². The lowest BCUT2D eigenvalue weighted by atomic mass is 9.96. The molecule has 0 heterocycles. The normalized spacial score (nSPS) is 12.2. The van der Waals surface area contributed by atoms with Gasteiger partial charge in [0.05, 0.1) is 13.7 Å². The zero-order valence-electron chi connectivity index (χ0n) is 14.3. The minimum atomic E-state index is 0.298. The zero-order chi connectivity index (χ0) is 16.7. The van der Waals surface area contributed by atoms with E-state index in [0.29, 0.717) is 25.0 Å². The van der Waals surface area contributed by atoms with Gasteiger partial charge in [-0.25, -0.2) is 0 Å². The smallest absolute Gasteiger partial charge is 0.122 e. The minimum Gasteiger partial charge on any atom is -0.497 e. The van der Waals surface area contributed by atoms with Crippen LogP contribution in [0, 0.1) is 0 Å². The van der Waals surface area contributed by atoms with E-state index in [1.165, 1.54) is 11.1 Å². The Morgan fingerprint density at radius 3 is 2.30 bits per heavy atom. The van der Waals surface area contributed by atoms with Crippen molar-refractivity contribution in [1.29, 1.82) is 0 Å². The van der Waals surface area contributed by atoms with Gasteiger partial charge >= 0.3 is 0 Å². The first-order chi connectivity index (χ1) is 11.2. The zero-order valence-corrected chi connectivity index (χ0v) is 14.3. The molecule has 2 N–H and O–H groups in total. The summed E-state index contributed by atoms with van der Waals surface area (Å²) in [7, 11) is 1.68. The topological polar surface area (TPSA) is 44.5 Å². The molecule has 1 atom stereocenters. The van der Waals surface area contributed by atoms with Gasteiger partial charge in [-0.1, -0.05) is 44.2 Å². The summed E-state index contributed by atoms with van der Waals surface area (Å²) in [5, 5.41) is 0. The van der Waals surface area contributed by atoms with Gasteiger partial charge in [-0.3, -0.25) is 0 Å². The standard InChI is InChI=1S/C20H27NO2/c1-15(2)19-6-4-5-7-20(19)23-13-12-17(14-21)16-8-10-18(22-3)11-9-16/h4-11,15,17H,12-14,21H2,1-3H3. The van der Waals surface area contributed by atoms with Crippen molar-refractivity contribution in [3.8, 4) is 11.5 Å². The number of hydrogen-bond donors (Lipinski definition) is 1. The van der Waals surface area contributed by atoms with Crippen molar-refractivity contribution in [2.45, 2.75) is 32.1 Å². The fourth-order valence-corrected chi connectivity index (χ4v) is 2.70. The van der Waals surface area contributed by atoms with Crippen LogP contribution in [0.5, 0.6) is 11.5 Å². The summed E-state index contributed by atoms with van der Waals surface area (Å²) in [4.78, 5) is 0. The number of para-hydroxylation sites is 1. The molecule has 0 aromatic heterocycles. The maximum absolute atomic E-state index is 6.02. The van der Waals surface area contributed by atoms with E-state index < -0.39 is 0 Å². The number of benzene rings is 2. The van der Waals surface area contributed by atoms with Crippen molar-refractivity contribution in [3.63, 3.8) is 0 Å². The van der Waals surface area contributed by atoms with Crippen LogP contribution in [0.1, 0.15) is 43.2 Å². The lowest BCUT2D eigenvalue weighted by molar-refractivity contribution is 0.294. The van der Waals surface area contributed by atoms with Gasteiger partial charge in [0.15, 0.2) is 0 Å². The van der Waals surface area contributed by atoms with Crippen molar-refractivity contribution in [2.24, 2.45) is 5.73 Å². The maximum Gasteiger partial charge on any atom is 0.122 e. The second kappa shape index (κ2) is 8.59. The average Bonchev–Trinajstić information content (AvgIpc) is 2.59. The Balaban J connectivity index is 1.95. The van der Waals surface area contributed by atoms with Crippen molar-refractivity contribution in [1.82, 2.24) is 0 Å². The summed E-state index contributed by atoms with van der Waals surface area (Å²) in [6, 6.07) is 16.4. The Kier molecular flexibility index (Phi) is 6.48. The highest BCUT2D eigenvalue weighted by Gasteiger charge is 2.12. The summed E-state index contributed by atoms with van der Waals surface area (Å²) >= 11 is 0. The molecule has 124 valence electrons. The number of methoxy groups -OCH3 is 1. The highest BCUT2D eigenvalue weighted by Crippen LogP contribution is 2.27. The van der Waals surface area contributed by atoms with Crippen molar-refractivity contribution >= 4 is 0 Å². The predicted octanol–water partition coefficient (Wildman–Crippen LogP) is 4.33. The van der Waals surface area contributed by atoms with E-state index in [4.69, 9.17) is 15.2 Å². The van der Waals surface area contributed by atoms with Crippen LogP contribution < -0.4 is 15.2 Å². The van der Waals surface area contributed by atoms with Gasteiger partial charge in [-0.2, -0.15) is 0 Å². The quantitative estimate of drug-likeness (QED) is 0.789. The molecular weight excluding hydrogens is 286 g/mol. The minimum absolute atomic E-state index is 0.298.